The van der Waals surface area contributed by atoms with Crippen LogP contribution in [0.1, 0.15) is 18.4 Å². The van der Waals surface area contributed by atoms with Crippen molar-refractivity contribution in [1.29, 1.82) is 0 Å². The second-order valence-corrected chi connectivity index (χ2v) is 5.23. The van der Waals surface area contributed by atoms with Gasteiger partial charge in [0.05, 0.1) is 0 Å². The monoisotopic (exact) mass is 208 g/mol. The Kier molecular flexibility index (Phi) is 3.49. The van der Waals surface area contributed by atoms with Crippen LogP contribution in [-0.2, 0) is 5.75 Å². The molecule has 1 aliphatic carbocycles. The molecule has 0 radical (unpaired) electrons. The minimum absolute atomic E-state index is 0.377. The molecule has 0 unspecified atom stereocenters. The van der Waals surface area contributed by atoms with E-state index in [2.05, 4.69) is 30.3 Å². The van der Waals surface area contributed by atoms with Crippen LogP contribution in [0.15, 0.2) is 30.3 Å². The summed E-state index contributed by atoms with van der Waals surface area (Å²) in [5.74, 6) is 1.70. The Labute approximate surface area is 89.5 Å². The van der Waals surface area contributed by atoms with Gasteiger partial charge in [-0.3, -0.25) is 0 Å². The highest BCUT2D eigenvalue weighted by Gasteiger charge is 2.28. The maximum Gasteiger partial charge on any atom is 0.0460 e. The van der Waals surface area contributed by atoms with Crippen molar-refractivity contribution in [2.45, 2.75) is 23.8 Å². The van der Waals surface area contributed by atoms with Gasteiger partial charge in [0.25, 0.3) is 0 Å². The van der Waals surface area contributed by atoms with Gasteiger partial charge in [0.15, 0.2) is 0 Å². The summed E-state index contributed by atoms with van der Waals surface area (Å²) in [5, 5.41) is 9.66. The summed E-state index contributed by atoms with van der Waals surface area (Å²) in [5.41, 5.74) is 1.41. The van der Waals surface area contributed by atoms with Crippen molar-refractivity contribution in [3.8, 4) is 0 Å². The Morgan fingerprint density at radius 3 is 2.57 bits per heavy atom. The molecule has 0 atom stereocenters. The number of benzene rings is 1. The van der Waals surface area contributed by atoms with Gasteiger partial charge in [-0.2, -0.15) is 11.8 Å². The third kappa shape index (κ3) is 2.52. The summed E-state index contributed by atoms with van der Waals surface area (Å²) in [6.07, 6.45) is 2.40. The molecule has 14 heavy (non-hydrogen) atoms. The quantitative estimate of drug-likeness (QED) is 0.821. The Hall–Kier alpha value is -0.470. The average Bonchev–Trinajstić information content (AvgIpc) is 2.17. The van der Waals surface area contributed by atoms with E-state index in [-0.39, 0.29) is 0 Å². The minimum Gasteiger partial charge on any atom is -0.396 e. The zero-order chi connectivity index (χ0) is 9.80. The van der Waals surface area contributed by atoms with Crippen LogP contribution in [0, 0.1) is 5.92 Å². The summed E-state index contributed by atoms with van der Waals surface area (Å²) >= 11 is 2.02. The molecule has 1 aliphatic rings. The molecule has 1 aromatic carbocycles. The molecule has 0 bridgehead atoms. The standard InChI is InChI=1S/C12H16OS/c13-8-11-6-12(7-11)14-9-10-4-2-1-3-5-10/h1-5,11-13H,6-9H2. The molecular weight excluding hydrogens is 192 g/mol. The fourth-order valence-electron chi connectivity index (χ4n) is 1.75. The number of aliphatic hydroxyl groups excluding tert-OH is 1. The maximum atomic E-state index is 8.88. The van der Waals surface area contributed by atoms with Crippen molar-refractivity contribution >= 4 is 11.8 Å². The lowest BCUT2D eigenvalue weighted by Gasteiger charge is -2.33. The van der Waals surface area contributed by atoms with E-state index < -0.39 is 0 Å². The molecule has 1 saturated carbocycles. The van der Waals surface area contributed by atoms with Crippen LogP contribution >= 0.6 is 11.8 Å². The van der Waals surface area contributed by atoms with E-state index in [4.69, 9.17) is 5.11 Å². The number of thioether (sulfide) groups is 1. The summed E-state index contributed by atoms with van der Waals surface area (Å²) in [7, 11) is 0. The van der Waals surface area contributed by atoms with Crippen molar-refractivity contribution < 1.29 is 5.11 Å². The van der Waals surface area contributed by atoms with Gasteiger partial charge in [0.2, 0.25) is 0 Å². The number of hydrogen-bond donors (Lipinski definition) is 1. The summed E-state index contributed by atoms with van der Waals surface area (Å²) in [6, 6.07) is 10.6. The second-order valence-electron chi connectivity index (χ2n) is 3.94. The molecule has 76 valence electrons. The average molecular weight is 208 g/mol. The molecular formula is C12H16OS. The smallest absolute Gasteiger partial charge is 0.0460 e. The van der Waals surface area contributed by atoms with Crippen molar-refractivity contribution in [3.63, 3.8) is 0 Å². The fraction of sp³-hybridized carbons (Fsp3) is 0.500. The van der Waals surface area contributed by atoms with Crippen LogP contribution in [0.4, 0.5) is 0 Å². The molecule has 2 rings (SSSR count). The highest BCUT2D eigenvalue weighted by Crippen LogP contribution is 2.37. The lowest BCUT2D eigenvalue weighted by atomic mass is 9.86. The van der Waals surface area contributed by atoms with Crippen molar-refractivity contribution in [1.82, 2.24) is 0 Å². The van der Waals surface area contributed by atoms with E-state index in [9.17, 15) is 0 Å². The Bertz CT molecular complexity index is 267. The normalized spacial score (nSPS) is 25.8. The van der Waals surface area contributed by atoms with E-state index in [1.54, 1.807) is 0 Å². The molecule has 0 amide bonds. The molecule has 0 spiro atoms. The first kappa shape index (κ1) is 10.1. The van der Waals surface area contributed by atoms with E-state index >= 15 is 0 Å². The SMILES string of the molecule is OCC1CC(SCc2ccccc2)C1. The topological polar surface area (TPSA) is 20.2 Å². The van der Waals surface area contributed by atoms with Crippen LogP contribution in [0.25, 0.3) is 0 Å². The fourth-order valence-corrected chi connectivity index (χ4v) is 3.19. The van der Waals surface area contributed by atoms with E-state index in [1.807, 2.05) is 11.8 Å². The third-order valence-electron chi connectivity index (χ3n) is 2.78. The number of aliphatic hydroxyl groups is 1. The van der Waals surface area contributed by atoms with Crippen molar-refractivity contribution in [3.05, 3.63) is 35.9 Å². The zero-order valence-corrected chi connectivity index (χ0v) is 9.04. The van der Waals surface area contributed by atoms with Gasteiger partial charge in [-0.05, 0) is 24.3 Å². The lowest BCUT2D eigenvalue weighted by Crippen LogP contribution is -2.28. The van der Waals surface area contributed by atoms with Gasteiger partial charge in [-0.15, -0.1) is 0 Å². The molecule has 1 nitrogen and oxygen atoms in total. The molecule has 1 aromatic rings. The molecule has 0 saturated heterocycles. The summed E-state index contributed by atoms with van der Waals surface area (Å²) in [6.45, 7) is 0.377. The van der Waals surface area contributed by atoms with Gasteiger partial charge in [-0.25, -0.2) is 0 Å². The number of rotatable bonds is 4. The van der Waals surface area contributed by atoms with Gasteiger partial charge in [-0.1, -0.05) is 30.3 Å². The first-order valence-corrected chi connectivity index (χ1v) is 6.19. The van der Waals surface area contributed by atoms with Crippen LogP contribution in [0.2, 0.25) is 0 Å². The van der Waals surface area contributed by atoms with Gasteiger partial charge >= 0.3 is 0 Å². The van der Waals surface area contributed by atoms with Crippen molar-refractivity contribution in [2.24, 2.45) is 5.92 Å². The number of hydrogen-bond acceptors (Lipinski definition) is 2. The maximum absolute atomic E-state index is 8.88. The first-order valence-electron chi connectivity index (χ1n) is 5.15. The molecule has 2 heteroatoms. The Morgan fingerprint density at radius 1 is 1.21 bits per heavy atom. The Balaban J connectivity index is 1.69. The minimum atomic E-state index is 0.377. The van der Waals surface area contributed by atoms with Crippen LogP contribution in [-0.4, -0.2) is 17.0 Å². The molecule has 0 aromatic heterocycles. The molecule has 0 aliphatic heterocycles. The van der Waals surface area contributed by atoms with E-state index in [1.165, 1.54) is 18.4 Å². The van der Waals surface area contributed by atoms with Crippen LogP contribution in [0.5, 0.6) is 0 Å². The highest BCUT2D eigenvalue weighted by molar-refractivity contribution is 7.99. The summed E-state index contributed by atoms with van der Waals surface area (Å²) in [4.78, 5) is 0. The molecule has 1 N–H and O–H groups in total. The summed E-state index contributed by atoms with van der Waals surface area (Å²) < 4.78 is 0. The first-order chi connectivity index (χ1) is 6.88. The molecule has 1 fully saturated rings. The Morgan fingerprint density at radius 2 is 1.93 bits per heavy atom. The third-order valence-corrected chi connectivity index (χ3v) is 4.14. The van der Waals surface area contributed by atoms with Gasteiger partial charge in [0, 0.05) is 17.6 Å². The van der Waals surface area contributed by atoms with Gasteiger partial charge < -0.3 is 5.11 Å². The highest BCUT2D eigenvalue weighted by atomic mass is 32.2. The van der Waals surface area contributed by atoms with Crippen LogP contribution in [0.3, 0.4) is 0 Å². The predicted molar refractivity (Wildman–Crippen MR) is 61.3 cm³/mol. The largest absolute Gasteiger partial charge is 0.396 e. The lowest BCUT2D eigenvalue weighted by molar-refractivity contribution is 0.168. The van der Waals surface area contributed by atoms with Crippen molar-refractivity contribution in [2.75, 3.05) is 6.61 Å². The predicted octanol–water partition coefficient (Wildman–Crippen LogP) is 2.69. The second kappa shape index (κ2) is 4.85. The molecule has 0 heterocycles. The van der Waals surface area contributed by atoms with E-state index in [0.717, 1.165) is 11.0 Å². The van der Waals surface area contributed by atoms with Crippen LogP contribution < -0.4 is 0 Å². The zero-order valence-electron chi connectivity index (χ0n) is 8.23. The van der Waals surface area contributed by atoms with E-state index in [0.29, 0.717) is 12.5 Å². The van der Waals surface area contributed by atoms with Gasteiger partial charge in [0.1, 0.15) is 0 Å².